The molecular weight excluding hydrogens is 297 g/mol. The van der Waals surface area contributed by atoms with Crippen LogP contribution in [-0.2, 0) is 4.79 Å². The van der Waals surface area contributed by atoms with Gasteiger partial charge in [0.05, 0.1) is 0 Å². The summed E-state index contributed by atoms with van der Waals surface area (Å²) in [6, 6.07) is 11.2. The Hall–Kier alpha value is -1.71. The number of aliphatic carboxylic acids is 1. The Labute approximate surface area is 127 Å². The van der Waals surface area contributed by atoms with Gasteiger partial charge in [0.2, 0.25) is 0 Å². The second-order valence-corrected chi connectivity index (χ2v) is 5.28. The normalized spacial score (nSPS) is 11.9. The third-order valence-electron chi connectivity index (χ3n) is 2.91. The quantitative estimate of drug-likeness (QED) is 0.871. The van der Waals surface area contributed by atoms with Crippen LogP contribution in [-0.4, -0.2) is 11.1 Å². The van der Waals surface area contributed by atoms with Gasteiger partial charge in [-0.1, -0.05) is 41.4 Å². The fraction of sp³-hybridized carbons (Fsp3) is 0.133. The van der Waals surface area contributed by atoms with Crippen LogP contribution < -0.4 is 5.32 Å². The topological polar surface area (TPSA) is 49.3 Å². The molecule has 0 aromatic heterocycles. The fourth-order valence-electron chi connectivity index (χ4n) is 1.82. The average Bonchev–Trinajstić information content (AvgIpc) is 2.39. The fourth-order valence-corrected chi connectivity index (χ4v) is 2.20. The van der Waals surface area contributed by atoms with Gasteiger partial charge >= 0.3 is 5.97 Å². The van der Waals surface area contributed by atoms with Gasteiger partial charge in [0.1, 0.15) is 0 Å². The van der Waals surface area contributed by atoms with Crippen LogP contribution in [0, 0.1) is 6.92 Å². The first-order valence-corrected chi connectivity index (χ1v) is 6.74. The first-order chi connectivity index (χ1) is 9.47. The molecule has 104 valence electrons. The summed E-state index contributed by atoms with van der Waals surface area (Å²) in [4.78, 5) is 11.4. The zero-order valence-corrected chi connectivity index (χ0v) is 12.2. The van der Waals surface area contributed by atoms with Crippen molar-refractivity contribution in [1.29, 1.82) is 0 Å². The molecule has 20 heavy (non-hydrogen) atoms. The molecule has 0 amide bonds. The molecule has 0 heterocycles. The molecule has 2 rings (SSSR count). The number of halogens is 2. The van der Waals surface area contributed by atoms with Crippen LogP contribution in [0.5, 0.6) is 0 Å². The van der Waals surface area contributed by atoms with Crippen molar-refractivity contribution in [1.82, 2.24) is 0 Å². The van der Waals surface area contributed by atoms with Crippen molar-refractivity contribution < 1.29 is 9.90 Å². The third kappa shape index (κ3) is 3.44. The minimum absolute atomic E-state index is 0.543. The number of anilines is 1. The van der Waals surface area contributed by atoms with Crippen LogP contribution in [0.15, 0.2) is 42.5 Å². The number of benzene rings is 2. The second kappa shape index (κ2) is 6.16. The summed E-state index contributed by atoms with van der Waals surface area (Å²) in [6.07, 6.45) is 0. The molecular formula is C15H13Cl2NO2. The molecule has 5 heteroatoms. The van der Waals surface area contributed by atoms with Gasteiger partial charge in [-0.3, -0.25) is 0 Å². The number of nitrogens with one attached hydrogen (secondary N) is 1. The van der Waals surface area contributed by atoms with E-state index in [1.807, 2.05) is 6.92 Å². The minimum Gasteiger partial charge on any atom is -0.479 e. The lowest BCUT2D eigenvalue weighted by Crippen LogP contribution is -2.20. The molecule has 0 spiro atoms. The van der Waals surface area contributed by atoms with E-state index in [0.29, 0.717) is 21.3 Å². The lowest BCUT2D eigenvalue weighted by atomic mass is 10.0. The van der Waals surface area contributed by atoms with E-state index in [4.69, 9.17) is 23.2 Å². The highest BCUT2D eigenvalue weighted by Crippen LogP contribution is 2.25. The summed E-state index contributed by atoms with van der Waals surface area (Å²) in [5, 5.41) is 13.4. The van der Waals surface area contributed by atoms with Gasteiger partial charge in [-0.2, -0.15) is 0 Å². The average molecular weight is 310 g/mol. The van der Waals surface area contributed by atoms with Crippen molar-refractivity contribution in [2.45, 2.75) is 13.0 Å². The van der Waals surface area contributed by atoms with Gasteiger partial charge in [-0.05, 0) is 42.3 Å². The monoisotopic (exact) mass is 309 g/mol. The van der Waals surface area contributed by atoms with Crippen molar-refractivity contribution in [3.8, 4) is 0 Å². The standard InChI is InChI=1S/C15H13Cl2NO2/c1-9-5-6-10(7-13(9)17)14(15(19)20)18-12-4-2-3-11(16)8-12/h2-8,14,18H,1H3,(H,19,20). The minimum atomic E-state index is -0.982. The smallest absolute Gasteiger partial charge is 0.330 e. The summed E-state index contributed by atoms with van der Waals surface area (Å²) in [6.45, 7) is 1.87. The zero-order chi connectivity index (χ0) is 14.7. The molecule has 0 fully saturated rings. The Morgan fingerprint density at radius 2 is 1.95 bits per heavy atom. The molecule has 3 nitrogen and oxygen atoms in total. The maximum atomic E-state index is 11.4. The van der Waals surface area contributed by atoms with Crippen LogP contribution in [0.25, 0.3) is 0 Å². The first kappa shape index (κ1) is 14.7. The molecule has 0 aliphatic rings. The van der Waals surface area contributed by atoms with Crippen molar-refractivity contribution in [2.75, 3.05) is 5.32 Å². The van der Waals surface area contributed by atoms with Crippen LogP contribution in [0.4, 0.5) is 5.69 Å². The maximum absolute atomic E-state index is 11.4. The van der Waals surface area contributed by atoms with Gasteiger partial charge in [-0.25, -0.2) is 4.79 Å². The van der Waals surface area contributed by atoms with Gasteiger partial charge in [-0.15, -0.1) is 0 Å². The van der Waals surface area contributed by atoms with Crippen LogP contribution in [0.1, 0.15) is 17.2 Å². The molecule has 0 radical (unpaired) electrons. The third-order valence-corrected chi connectivity index (χ3v) is 3.55. The summed E-state index contributed by atoms with van der Waals surface area (Å²) < 4.78 is 0. The number of rotatable bonds is 4. The Balaban J connectivity index is 2.32. The van der Waals surface area contributed by atoms with E-state index in [2.05, 4.69) is 5.32 Å². The molecule has 1 atom stereocenters. The summed E-state index contributed by atoms with van der Waals surface area (Å²) in [7, 11) is 0. The van der Waals surface area contributed by atoms with E-state index in [0.717, 1.165) is 5.56 Å². The molecule has 0 bridgehead atoms. The summed E-state index contributed by atoms with van der Waals surface area (Å²) in [5.41, 5.74) is 2.14. The molecule has 2 aromatic carbocycles. The van der Waals surface area contributed by atoms with E-state index in [9.17, 15) is 9.90 Å². The number of hydrogen-bond donors (Lipinski definition) is 2. The van der Waals surface area contributed by atoms with Gasteiger partial charge < -0.3 is 10.4 Å². The summed E-state index contributed by atoms with van der Waals surface area (Å²) in [5.74, 6) is -0.982. The van der Waals surface area contributed by atoms with E-state index in [1.165, 1.54) is 0 Å². The van der Waals surface area contributed by atoms with E-state index >= 15 is 0 Å². The zero-order valence-electron chi connectivity index (χ0n) is 10.7. The SMILES string of the molecule is Cc1ccc(C(Nc2cccc(Cl)c2)C(=O)O)cc1Cl. The molecule has 2 aromatic rings. The highest BCUT2D eigenvalue weighted by Gasteiger charge is 2.20. The number of carbonyl (C=O) groups is 1. The predicted octanol–water partition coefficient (Wildman–Crippen LogP) is 4.54. The lowest BCUT2D eigenvalue weighted by molar-refractivity contribution is -0.138. The number of carboxylic acids is 1. The second-order valence-electron chi connectivity index (χ2n) is 4.43. The van der Waals surface area contributed by atoms with Crippen molar-refractivity contribution in [3.63, 3.8) is 0 Å². The van der Waals surface area contributed by atoms with E-state index < -0.39 is 12.0 Å². The first-order valence-electron chi connectivity index (χ1n) is 5.98. The van der Waals surface area contributed by atoms with E-state index in [1.54, 1.807) is 42.5 Å². The van der Waals surface area contributed by atoms with E-state index in [-0.39, 0.29) is 0 Å². The molecule has 0 saturated heterocycles. The maximum Gasteiger partial charge on any atom is 0.330 e. The Kier molecular flexibility index (Phi) is 4.53. The Bertz CT molecular complexity index is 644. The number of carboxylic acid groups (broad SMARTS) is 1. The van der Waals surface area contributed by atoms with Gasteiger partial charge in [0, 0.05) is 15.7 Å². The van der Waals surface area contributed by atoms with Crippen LogP contribution in [0.2, 0.25) is 10.0 Å². The Morgan fingerprint density at radius 1 is 1.20 bits per heavy atom. The van der Waals surface area contributed by atoms with Crippen LogP contribution >= 0.6 is 23.2 Å². The van der Waals surface area contributed by atoms with Gasteiger partial charge in [0.25, 0.3) is 0 Å². The number of aryl methyl sites for hydroxylation is 1. The van der Waals surface area contributed by atoms with Gasteiger partial charge in [0.15, 0.2) is 6.04 Å². The van der Waals surface area contributed by atoms with Crippen LogP contribution in [0.3, 0.4) is 0 Å². The largest absolute Gasteiger partial charge is 0.479 e. The predicted molar refractivity (Wildman–Crippen MR) is 81.6 cm³/mol. The van der Waals surface area contributed by atoms with Crippen molar-refractivity contribution in [3.05, 3.63) is 63.6 Å². The highest BCUT2D eigenvalue weighted by atomic mass is 35.5. The molecule has 0 aliphatic heterocycles. The van der Waals surface area contributed by atoms with Crippen molar-refractivity contribution in [2.24, 2.45) is 0 Å². The number of hydrogen-bond acceptors (Lipinski definition) is 2. The van der Waals surface area contributed by atoms with Crippen molar-refractivity contribution >= 4 is 34.9 Å². The molecule has 0 aliphatic carbocycles. The Morgan fingerprint density at radius 3 is 2.55 bits per heavy atom. The molecule has 2 N–H and O–H groups in total. The lowest BCUT2D eigenvalue weighted by Gasteiger charge is -2.17. The molecule has 1 unspecified atom stereocenters. The molecule has 0 saturated carbocycles. The highest BCUT2D eigenvalue weighted by molar-refractivity contribution is 6.31. The summed E-state index contributed by atoms with van der Waals surface area (Å²) >= 11 is 11.9.